The Morgan fingerprint density at radius 3 is 2.46 bits per heavy atom. The average molecular weight is 377 g/mol. The van der Waals surface area contributed by atoms with Gasteiger partial charge in [0.25, 0.3) is 5.56 Å². The SMILES string of the molecule is CC(C)(C)c1cc(=O)n(CC2CCN(c3cnc4ccccc4n3)CC2)cn1. The van der Waals surface area contributed by atoms with Gasteiger partial charge in [0.2, 0.25) is 0 Å². The van der Waals surface area contributed by atoms with Crippen LogP contribution >= 0.6 is 0 Å². The first-order valence-corrected chi connectivity index (χ1v) is 9.94. The second kappa shape index (κ2) is 7.34. The highest BCUT2D eigenvalue weighted by Gasteiger charge is 2.22. The first-order valence-electron chi connectivity index (χ1n) is 9.94. The maximum atomic E-state index is 12.5. The zero-order valence-electron chi connectivity index (χ0n) is 16.8. The van der Waals surface area contributed by atoms with Crippen LogP contribution in [0, 0.1) is 5.92 Å². The summed E-state index contributed by atoms with van der Waals surface area (Å²) in [5.41, 5.74) is 2.64. The van der Waals surface area contributed by atoms with Crippen molar-refractivity contribution in [3.63, 3.8) is 0 Å². The molecule has 0 spiro atoms. The summed E-state index contributed by atoms with van der Waals surface area (Å²) in [6.45, 7) is 8.81. The summed E-state index contributed by atoms with van der Waals surface area (Å²) in [6, 6.07) is 9.63. The number of hydrogen-bond donors (Lipinski definition) is 0. The molecule has 1 saturated heterocycles. The maximum absolute atomic E-state index is 12.5. The number of nitrogens with zero attached hydrogens (tertiary/aromatic N) is 5. The first-order chi connectivity index (χ1) is 13.4. The van der Waals surface area contributed by atoms with Gasteiger partial charge in [0.1, 0.15) is 5.82 Å². The normalized spacial score (nSPS) is 15.9. The number of rotatable bonds is 3. The van der Waals surface area contributed by atoms with Gasteiger partial charge in [-0.3, -0.25) is 14.3 Å². The highest BCUT2D eigenvalue weighted by molar-refractivity contribution is 5.75. The average Bonchev–Trinajstić information content (AvgIpc) is 2.69. The summed E-state index contributed by atoms with van der Waals surface area (Å²) in [5, 5.41) is 0. The lowest BCUT2D eigenvalue weighted by atomic mass is 9.92. The van der Waals surface area contributed by atoms with Gasteiger partial charge in [-0.05, 0) is 30.9 Å². The van der Waals surface area contributed by atoms with Crippen LogP contribution in [-0.2, 0) is 12.0 Å². The minimum atomic E-state index is -0.107. The molecule has 2 aromatic heterocycles. The van der Waals surface area contributed by atoms with Gasteiger partial charge in [-0.15, -0.1) is 0 Å². The predicted molar refractivity (Wildman–Crippen MR) is 112 cm³/mol. The summed E-state index contributed by atoms with van der Waals surface area (Å²) >= 11 is 0. The molecule has 0 atom stereocenters. The van der Waals surface area contributed by atoms with Gasteiger partial charge in [0, 0.05) is 31.1 Å². The van der Waals surface area contributed by atoms with E-state index in [0.29, 0.717) is 5.92 Å². The Morgan fingerprint density at radius 1 is 1.07 bits per heavy atom. The summed E-state index contributed by atoms with van der Waals surface area (Å²) in [5.74, 6) is 1.41. The molecule has 0 bridgehead atoms. The van der Waals surface area contributed by atoms with Crippen molar-refractivity contribution in [1.82, 2.24) is 19.5 Å². The molecule has 0 aliphatic carbocycles. The lowest BCUT2D eigenvalue weighted by molar-refractivity contribution is 0.349. The Bertz CT molecular complexity index is 1030. The fourth-order valence-electron chi connectivity index (χ4n) is 3.70. The third-order valence-corrected chi connectivity index (χ3v) is 5.48. The topological polar surface area (TPSA) is 63.9 Å². The number of fused-ring (bicyclic) bond motifs is 1. The molecule has 146 valence electrons. The first kappa shape index (κ1) is 18.6. The van der Waals surface area contributed by atoms with E-state index in [2.05, 4.69) is 35.6 Å². The number of hydrogen-bond acceptors (Lipinski definition) is 5. The predicted octanol–water partition coefficient (Wildman–Crippen LogP) is 3.40. The third-order valence-electron chi connectivity index (χ3n) is 5.48. The number of aromatic nitrogens is 4. The molecule has 28 heavy (non-hydrogen) atoms. The van der Waals surface area contributed by atoms with E-state index in [9.17, 15) is 4.79 Å². The number of para-hydroxylation sites is 2. The van der Waals surface area contributed by atoms with E-state index in [1.54, 1.807) is 17.0 Å². The van der Waals surface area contributed by atoms with Crippen LogP contribution in [0.2, 0.25) is 0 Å². The molecule has 0 radical (unpaired) electrons. The lowest BCUT2D eigenvalue weighted by Crippen LogP contribution is -2.37. The lowest BCUT2D eigenvalue weighted by Gasteiger charge is -2.33. The molecule has 1 aliphatic heterocycles. The van der Waals surface area contributed by atoms with E-state index >= 15 is 0 Å². The number of piperidine rings is 1. The smallest absolute Gasteiger partial charge is 0.253 e. The van der Waals surface area contributed by atoms with E-state index < -0.39 is 0 Å². The van der Waals surface area contributed by atoms with Gasteiger partial charge in [-0.25, -0.2) is 9.97 Å². The minimum absolute atomic E-state index is 0.0442. The van der Waals surface area contributed by atoms with Crippen LogP contribution in [0.25, 0.3) is 11.0 Å². The summed E-state index contributed by atoms with van der Waals surface area (Å²) in [7, 11) is 0. The van der Waals surface area contributed by atoms with E-state index in [-0.39, 0.29) is 11.0 Å². The van der Waals surface area contributed by atoms with Gasteiger partial charge < -0.3 is 4.90 Å². The Hall–Kier alpha value is -2.76. The summed E-state index contributed by atoms with van der Waals surface area (Å²) in [4.78, 5) is 28.5. The fourth-order valence-corrected chi connectivity index (χ4v) is 3.70. The number of benzene rings is 1. The Morgan fingerprint density at radius 2 is 1.79 bits per heavy atom. The van der Waals surface area contributed by atoms with Crippen LogP contribution < -0.4 is 10.5 Å². The van der Waals surface area contributed by atoms with Crippen molar-refractivity contribution < 1.29 is 0 Å². The van der Waals surface area contributed by atoms with Crippen molar-refractivity contribution in [3.8, 4) is 0 Å². The van der Waals surface area contributed by atoms with Crippen LogP contribution in [0.4, 0.5) is 5.82 Å². The van der Waals surface area contributed by atoms with Crippen LogP contribution in [0.5, 0.6) is 0 Å². The minimum Gasteiger partial charge on any atom is -0.355 e. The quantitative estimate of drug-likeness (QED) is 0.700. The van der Waals surface area contributed by atoms with Crippen LogP contribution in [0.3, 0.4) is 0 Å². The third kappa shape index (κ3) is 3.91. The van der Waals surface area contributed by atoms with Crippen molar-refractivity contribution >= 4 is 16.9 Å². The Labute approximate surface area is 165 Å². The monoisotopic (exact) mass is 377 g/mol. The van der Waals surface area contributed by atoms with E-state index in [0.717, 1.165) is 55.0 Å². The van der Waals surface area contributed by atoms with Crippen LogP contribution in [-0.4, -0.2) is 32.6 Å². The highest BCUT2D eigenvalue weighted by Crippen LogP contribution is 2.24. The Balaban J connectivity index is 1.41. The largest absolute Gasteiger partial charge is 0.355 e. The van der Waals surface area contributed by atoms with Crippen molar-refractivity contribution in [3.05, 3.63) is 58.9 Å². The zero-order chi connectivity index (χ0) is 19.7. The highest BCUT2D eigenvalue weighted by atomic mass is 16.1. The molecular formula is C22H27N5O. The molecule has 0 unspecified atom stereocenters. The number of anilines is 1. The van der Waals surface area contributed by atoms with Gasteiger partial charge in [0.05, 0.1) is 29.3 Å². The fraction of sp³-hybridized carbons (Fsp3) is 0.455. The molecule has 6 heteroatoms. The molecule has 3 aromatic rings. The van der Waals surface area contributed by atoms with Gasteiger partial charge in [-0.1, -0.05) is 32.9 Å². The molecule has 1 aromatic carbocycles. The summed E-state index contributed by atoms with van der Waals surface area (Å²) < 4.78 is 1.76. The van der Waals surface area contributed by atoms with Crippen molar-refractivity contribution in [2.24, 2.45) is 5.92 Å². The van der Waals surface area contributed by atoms with E-state index in [4.69, 9.17) is 4.98 Å². The standard InChI is InChI=1S/C22H27N5O/c1-22(2,3)19-12-21(28)27(15-24-19)14-16-8-10-26(11-9-16)20-13-23-17-6-4-5-7-18(17)25-20/h4-7,12-13,15-16H,8-11,14H2,1-3H3. The summed E-state index contributed by atoms with van der Waals surface area (Å²) in [6.07, 6.45) is 5.64. The van der Waals surface area contributed by atoms with Crippen molar-refractivity contribution in [1.29, 1.82) is 0 Å². The Kier molecular flexibility index (Phi) is 4.87. The van der Waals surface area contributed by atoms with Gasteiger partial charge in [-0.2, -0.15) is 0 Å². The maximum Gasteiger partial charge on any atom is 0.253 e. The molecule has 1 fully saturated rings. The van der Waals surface area contributed by atoms with Crippen molar-refractivity contribution in [2.45, 2.75) is 45.6 Å². The molecule has 6 nitrogen and oxygen atoms in total. The second-order valence-corrected chi connectivity index (χ2v) is 8.66. The molecule has 0 amide bonds. The molecule has 0 N–H and O–H groups in total. The van der Waals surface area contributed by atoms with E-state index in [1.807, 2.05) is 30.5 Å². The van der Waals surface area contributed by atoms with Crippen LogP contribution in [0.15, 0.2) is 47.7 Å². The molecule has 3 heterocycles. The molecular weight excluding hydrogens is 350 g/mol. The zero-order valence-corrected chi connectivity index (χ0v) is 16.8. The second-order valence-electron chi connectivity index (χ2n) is 8.66. The molecule has 0 saturated carbocycles. The van der Waals surface area contributed by atoms with Gasteiger partial charge in [0.15, 0.2) is 0 Å². The molecule has 4 rings (SSSR count). The van der Waals surface area contributed by atoms with Crippen molar-refractivity contribution in [2.75, 3.05) is 18.0 Å². The van der Waals surface area contributed by atoms with Gasteiger partial charge >= 0.3 is 0 Å². The molecule has 1 aliphatic rings. The van der Waals surface area contributed by atoms with E-state index in [1.165, 1.54) is 0 Å². The van der Waals surface area contributed by atoms with Crippen LogP contribution in [0.1, 0.15) is 39.3 Å².